The van der Waals surface area contributed by atoms with Gasteiger partial charge >= 0.3 is 0 Å². The van der Waals surface area contributed by atoms with Crippen LogP contribution < -0.4 is 21.1 Å². The summed E-state index contributed by atoms with van der Waals surface area (Å²) in [6, 6.07) is 8.19. The van der Waals surface area contributed by atoms with Crippen molar-refractivity contribution in [2.75, 3.05) is 6.61 Å². The number of rotatable bonds is 6. The lowest BCUT2D eigenvalue weighted by Crippen LogP contribution is -2.43. The molecule has 132 valence electrons. The van der Waals surface area contributed by atoms with E-state index in [2.05, 4.69) is 15.8 Å². The van der Waals surface area contributed by atoms with Crippen molar-refractivity contribution in [3.8, 4) is 5.75 Å². The molecule has 0 aliphatic carbocycles. The summed E-state index contributed by atoms with van der Waals surface area (Å²) < 4.78 is 5.58. The molecule has 0 atom stereocenters. The summed E-state index contributed by atoms with van der Waals surface area (Å²) in [5.41, 5.74) is 4.77. The van der Waals surface area contributed by atoms with Gasteiger partial charge in [-0.3, -0.25) is 25.2 Å². The fourth-order valence-corrected chi connectivity index (χ4v) is 2.27. The first kappa shape index (κ1) is 18.5. The van der Waals surface area contributed by atoms with Gasteiger partial charge in [-0.1, -0.05) is 11.6 Å². The van der Waals surface area contributed by atoms with E-state index in [1.807, 2.05) is 6.92 Å². The van der Waals surface area contributed by atoms with Crippen molar-refractivity contribution in [1.29, 1.82) is 0 Å². The molecule has 1 aromatic heterocycles. The molecule has 0 saturated heterocycles. The molecule has 8 heteroatoms. The van der Waals surface area contributed by atoms with Gasteiger partial charge < -0.3 is 9.72 Å². The Balaban J connectivity index is 1.70. The van der Waals surface area contributed by atoms with Crippen LogP contribution in [0.25, 0.3) is 0 Å². The molecule has 0 aliphatic heterocycles. The predicted octanol–water partition coefficient (Wildman–Crippen LogP) is 1.96. The third-order valence-corrected chi connectivity index (χ3v) is 3.56. The molecule has 0 aliphatic rings. The van der Waals surface area contributed by atoms with Crippen molar-refractivity contribution < 1.29 is 14.3 Å². The van der Waals surface area contributed by atoms with Crippen LogP contribution in [0.4, 0.5) is 0 Å². The first-order valence-corrected chi connectivity index (χ1v) is 8.01. The average molecular weight is 364 g/mol. The van der Waals surface area contributed by atoms with Crippen LogP contribution in [0.1, 0.15) is 28.8 Å². The number of hydrogen-bond donors (Lipinski definition) is 3. The summed E-state index contributed by atoms with van der Waals surface area (Å²) >= 11 is 5.87. The molecule has 0 radical (unpaired) electrons. The van der Waals surface area contributed by atoms with Crippen LogP contribution in [0.3, 0.4) is 0 Å². The molecule has 3 N–H and O–H groups in total. The van der Waals surface area contributed by atoms with E-state index in [9.17, 15) is 14.4 Å². The van der Waals surface area contributed by atoms with Crippen molar-refractivity contribution in [1.82, 2.24) is 15.8 Å². The third-order valence-electron chi connectivity index (χ3n) is 3.32. The van der Waals surface area contributed by atoms with Gasteiger partial charge in [0.15, 0.2) is 0 Å². The van der Waals surface area contributed by atoms with Crippen LogP contribution >= 0.6 is 11.6 Å². The molecular formula is C17H18ClN3O4. The quantitative estimate of drug-likeness (QED) is 0.539. The molecule has 2 amide bonds. The molecule has 25 heavy (non-hydrogen) atoms. The van der Waals surface area contributed by atoms with E-state index in [1.54, 1.807) is 18.2 Å². The molecule has 1 aromatic carbocycles. The van der Waals surface area contributed by atoms with Crippen molar-refractivity contribution in [3.05, 3.63) is 63.0 Å². The second-order valence-corrected chi connectivity index (χ2v) is 5.71. The molecule has 0 bridgehead atoms. The molecular weight excluding hydrogens is 346 g/mol. The number of aromatic nitrogens is 1. The van der Waals surface area contributed by atoms with Gasteiger partial charge in [-0.05, 0) is 49.2 Å². The maximum atomic E-state index is 11.8. The second-order valence-electron chi connectivity index (χ2n) is 5.28. The Morgan fingerprint density at radius 3 is 2.76 bits per heavy atom. The zero-order valence-electron chi connectivity index (χ0n) is 13.6. The Labute approximate surface area is 149 Å². The number of aromatic amines is 1. The van der Waals surface area contributed by atoms with Crippen LogP contribution in [0.15, 0.2) is 41.3 Å². The number of carbonyl (C=O) groups is 2. The predicted molar refractivity (Wildman–Crippen MR) is 93.6 cm³/mol. The highest BCUT2D eigenvalue weighted by molar-refractivity contribution is 6.30. The number of halogens is 1. The number of ether oxygens (including phenoxy) is 1. The Kier molecular flexibility index (Phi) is 6.59. The maximum Gasteiger partial charge on any atom is 0.275 e. The van der Waals surface area contributed by atoms with E-state index in [0.29, 0.717) is 23.8 Å². The smallest absolute Gasteiger partial charge is 0.275 e. The number of carbonyl (C=O) groups excluding carboxylic acids is 2. The Morgan fingerprint density at radius 1 is 1.24 bits per heavy atom. The number of nitrogens with one attached hydrogen (secondary N) is 3. The van der Waals surface area contributed by atoms with Gasteiger partial charge in [-0.15, -0.1) is 0 Å². The Morgan fingerprint density at radius 2 is 2.04 bits per heavy atom. The minimum absolute atomic E-state index is 0.0793. The lowest BCUT2D eigenvalue weighted by Gasteiger charge is -2.10. The van der Waals surface area contributed by atoms with Crippen molar-refractivity contribution in [2.45, 2.75) is 19.8 Å². The van der Waals surface area contributed by atoms with E-state index in [-0.39, 0.29) is 17.9 Å². The minimum atomic E-state index is -0.678. The van der Waals surface area contributed by atoms with Gasteiger partial charge in [0.05, 0.1) is 6.61 Å². The third kappa shape index (κ3) is 5.65. The van der Waals surface area contributed by atoms with Crippen molar-refractivity contribution >= 4 is 23.4 Å². The molecule has 7 nitrogen and oxygen atoms in total. The van der Waals surface area contributed by atoms with Gasteiger partial charge in [-0.25, -0.2) is 0 Å². The summed E-state index contributed by atoms with van der Waals surface area (Å²) in [4.78, 5) is 37.3. The van der Waals surface area contributed by atoms with Gasteiger partial charge in [-0.2, -0.15) is 0 Å². The summed E-state index contributed by atoms with van der Waals surface area (Å²) in [5.74, 6) is -0.346. The van der Waals surface area contributed by atoms with Gasteiger partial charge in [0, 0.05) is 17.6 Å². The van der Waals surface area contributed by atoms with Gasteiger partial charge in [0.1, 0.15) is 11.3 Å². The first-order chi connectivity index (χ1) is 12.0. The highest BCUT2D eigenvalue weighted by atomic mass is 35.5. The van der Waals surface area contributed by atoms with Crippen LogP contribution in [0.2, 0.25) is 5.02 Å². The fraction of sp³-hybridized carbons (Fsp3) is 0.235. The van der Waals surface area contributed by atoms with Crippen LogP contribution in [0, 0.1) is 6.92 Å². The van der Waals surface area contributed by atoms with Crippen LogP contribution in [-0.4, -0.2) is 23.4 Å². The fourth-order valence-electron chi connectivity index (χ4n) is 2.05. The minimum Gasteiger partial charge on any atom is -0.493 e. The lowest BCUT2D eigenvalue weighted by atomic mass is 10.2. The average Bonchev–Trinajstić information content (AvgIpc) is 2.58. The van der Waals surface area contributed by atoms with E-state index < -0.39 is 11.5 Å². The van der Waals surface area contributed by atoms with Gasteiger partial charge in [0.2, 0.25) is 5.91 Å². The van der Waals surface area contributed by atoms with E-state index >= 15 is 0 Å². The van der Waals surface area contributed by atoms with Gasteiger partial charge in [0.25, 0.3) is 11.5 Å². The van der Waals surface area contributed by atoms with Crippen molar-refractivity contribution in [3.63, 3.8) is 0 Å². The highest BCUT2D eigenvalue weighted by Crippen LogP contribution is 2.21. The van der Waals surface area contributed by atoms with Crippen LogP contribution in [0.5, 0.6) is 5.75 Å². The molecule has 0 fully saturated rings. The first-order valence-electron chi connectivity index (χ1n) is 7.63. The molecule has 1 heterocycles. The van der Waals surface area contributed by atoms with E-state index in [4.69, 9.17) is 16.3 Å². The number of aryl methyl sites for hydroxylation is 1. The van der Waals surface area contributed by atoms with Crippen molar-refractivity contribution in [2.24, 2.45) is 0 Å². The molecule has 0 saturated carbocycles. The molecule has 2 rings (SSSR count). The monoisotopic (exact) mass is 363 g/mol. The summed E-state index contributed by atoms with van der Waals surface area (Å²) in [5, 5.41) is 0.636. The second kappa shape index (κ2) is 8.89. The summed E-state index contributed by atoms with van der Waals surface area (Å²) in [6.45, 7) is 2.23. The van der Waals surface area contributed by atoms with E-state index in [0.717, 1.165) is 5.56 Å². The number of amides is 2. The number of pyridine rings is 1. The zero-order chi connectivity index (χ0) is 18.2. The molecule has 2 aromatic rings. The largest absolute Gasteiger partial charge is 0.493 e. The SMILES string of the molecule is Cc1cc(Cl)ccc1OCCCC(=O)NNC(=O)c1ccc[nH]c1=O. The summed E-state index contributed by atoms with van der Waals surface area (Å²) in [6.07, 6.45) is 2.05. The normalized spacial score (nSPS) is 10.2. The number of hydrogen-bond acceptors (Lipinski definition) is 4. The summed E-state index contributed by atoms with van der Waals surface area (Å²) in [7, 11) is 0. The van der Waals surface area contributed by atoms with E-state index in [1.165, 1.54) is 18.3 Å². The number of benzene rings is 1. The molecule has 0 spiro atoms. The highest BCUT2D eigenvalue weighted by Gasteiger charge is 2.10. The zero-order valence-corrected chi connectivity index (χ0v) is 14.4. The van der Waals surface area contributed by atoms with Crippen LogP contribution in [-0.2, 0) is 4.79 Å². The lowest BCUT2D eigenvalue weighted by molar-refractivity contribution is -0.122. The topological polar surface area (TPSA) is 100 Å². The standard InChI is InChI=1S/C17H18ClN3O4/c1-11-10-12(18)6-7-14(11)25-9-3-5-15(22)20-21-17(24)13-4-2-8-19-16(13)23/h2,4,6-8,10H,3,5,9H2,1H3,(H,19,23)(H,20,22)(H,21,24). The molecule has 0 unspecified atom stereocenters. The maximum absolute atomic E-state index is 11.8. The Bertz CT molecular complexity index is 820. The number of H-pyrrole nitrogens is 1. The Hall–Kier alpha value is -2.80. The number of hydrazine groups is 1.